The predicted octanol–water partition coefficient (Wildman–Crippen LogP) is 2.00. The van der Waals surface area contributed by atoms with Gasteiger partial charge < -0.3 is 20.5 Å². The number of ether oxygens (including phenoxy) is 1. The van der Waals surface area contributed by atoms with Gasteiger partial charge in [-0.2, -0.15) is 0 Å². The number of nitrogens with one attached hydrogen (secondary N) is 2. The van der Waals surface area contributed by atoms with E-state index in [-0.39, 0.29) is 18.4 Å². The molecule has 0 aromatic heterocycles. The molecule has 1 aromatic rings. The molecule has 0 radical (unpaired) electrons. The van der Waals surface area contributed by atoms with Crippen LogP contribution >= 0.6 is 15.9 Å². The Bertz CT molecular complexity index is 515. The number of carboxylic acids is 1. The van der Waals surface area contributed by atoms with Crippen molar-refractivity contribution in [1.29, 1.82) is 0 Å². The molecule has 0 spiro atoms. The number of amides is 1. The number of hydrogen-bond acceptors (Lipinski definition) is 4. The van der Waals surface area contributed by atoms with E-state index in [0.29, 0.717) is 18.8 Å². The van der Waals surface area contributed by atoms with Gasteiger partial charge in [0.1, 0.15) is 6.04 Å². The molecule has 22 heavy (non-hydrogen) atoms. The van der Waals surface area contributed by atoms with Gasteiger partial charge in [0, 0.05) is 23.3 Å². The zero-order valence-electron chi connectivity index (χ0n) is 12.0. The Kier molecular flexibility index (Phi) is 6.35. The Morgan fingerprint density at radius 2 is 2.09 bits per heavy atom. The van der Waals surface area contributed by atoms with Gasteiger partial charge in [0.2, 0.25) is 5.91 Å². The summed E-state index contributed by atoms with van der Waals surface area (Å²) < 4.78 is 6.34. The van der Waals surface area contributed by atoms with Gasteiger partial charge in [0.05, 0.1) is 12.5 Å². The predicted molar refractivity (Wildman–Crippen MR) is 85.8 cm³/mol. The van der Waals surface area contributed by atoms with Crippen molar-refractivity contribution in [1.82, 2.24) is 5.32 Å². The molecule has 1 aliphatic rings. The molecular formula is C15H19BrN2O4. The summed E-state index contributed by atoms with van der Waals surface area (Å²) in [6.45, 7) is 1.16. The molecule has 2 unspecified atom stereocenters. The van der Waals surface area contributed by atoms with E-state index in [2.05, 4.69) is 26.6 Å². The minimum Gasteiger partial charge on any atom is -0.480 e. The number of carbonyl (C=O) groups excluding carboxylic acids is 1. The average molecular weight is 371 g/mol. The molecule has 1 amide bonds. The first-order valence-corrected chi connectivity index (χ1v) is 7.97. The van der Waals surface area contributed by atoms with E-state index in [0.717, 1.165) is 17.3 Å². The van der Waals surface area contributed by atoms with Gasteiger partial charge in [-0.1, -0.05) is 15.9 Å². The number of aliphatic carboxylic acids is 1. The number of hydrogen-bond donors (Lipinski definition) is 3. The van der Waals surface area contributed by atoms with Crippen LogP contribution in [0, 0.1) is 0 Å². The molecule has 0 bridgehead atoms. The summed E-state index contributed by atoms with van der Waals surface area (Å²) in [5.41, 5.74) is 0.636. The van der Waals surface area contributed by atoms with E-state index in [4.69, 9.17) is 4.74 Å². The van der Waals surface area contributed by atoms with Crippen LogP contribution in [-0.2, 0) is 14.3 Å². The molecule has 2 atom stereocenters. The van der Waals surface area contributed by atoms with Gasteiger partial charge in [-0.25, -0.2) is 0 Å². The maximum atomic E-state index is 12.0. The summed E-state index contributed by atoms with van der Waals surface area (Å²) in [5.74, 6) is -1.38. The van der Waals surface area contributed by atoms with E-state index >= 15 is 0 Å². The van der Waals surface area contributed by atoms with E-state index in [9.17, 15) is 14.7 Å². The molecule has 0 saturated carbocycles. The third-order valence-electron chi connectivity index (χ3n) is 3.43. The number of anilines is 1. The summed E-state index contributed by atoms with van der Waals surface area (Å²) in [5, 5.41) is 14.8. The Labute approximate surface area is 137 Å². The van der Waals surface area contributed by atoms with Crippen molar-refractivity contribution in [3.63, 3.8) is 0 Å². The second-order valence-electron chi connectivity index (χ2n) is 5.19. The van der Waals surface area contributed by atoms with Gasteiger partial charge in [-0.15, -0.1) is 0 Å². The zero-order chi connectivity index (χ0) is 15.9. The maximum Gasteiger partial charge on any atom is 0.321 e. The lowest BCUT2D eigenvalue weighted by atomic mass is 10.1. The van der Waals surface area contributed by atoms with Crippen LogP contribution in [0.2, 0.25) is 0 Å². The van der Waals surface area contributed by atoms with Crippen LogP contribution in [0.5, 0.6) is 0 Å². The van der Waals surface area contributed by atoms with Crippen LogP contribution in [0.15, 0.2) is 28.7 Å². The minimum atomic E-state index is -1.04. The lowest BCUT2D eigenvalue weighted by Crippen LogP contribution is -2.43. The van der Waals surface area contributed by atoms with Crippen molar-refractivity contribution >= 4 is 33.5 Å². The molecule has 0 aliphatic carbocycles. The van der Waals surface area contributed by atoms with E-state index in [1.165, 1.54) is 0 Å². The van der Waals surface area contributed by atoms with Crippen molar-refractivity contribution in [3.8, 4) is 0 Å². The van der Waals surface area contributed by atoms with Gasteiger partial charge in [0.25, 0.3) is 0 Å². The molecular weight excluding hydrogens is 352 g/mol. The summed E-state index contributed by atoms with van der Waals surface area (Å²) in [4.78, 5) is 23.2. The highest BCUT2D eigenvalue weighted by atomic mass is 79.9. The summed E-state index contributed by atoms with van der Waals surface area (Å²) in [6, 6.07) is 6.19. The zero-order valence-corrected chi connectivity index (χ0v) is 13.6. The number of halogens is 1. The molecule has 1 fully saturated rings. The third-order valence-corrected chi connectivity index (χ3v) is 3.96. The topological polar surface area (TPSA) is 87.7 Å². The van der Waals surface area contributed by atoms with Crippen LogP contribution in [0.4, 0.5) is 5.69 Å². The SMILES string of the molecule is O=C(CC(NCC1CCCO1)C(=O)O)Nc1ccc(Br)cc1. The van der Waals surface area contributed by atoms with E-state index in [1.807, 2.05) is 0 Å². The van der Waals surface area contributed by atoms with Gasteiger partial charge in [-0.3, -0.25) is 9.59 Å². The van der Waals surface area contributed by atoms with Crippen LogP contribution in [0.25, 0.3) is 0 Å². The van der Waals surface area contributed by atoms with Crippen LogP contribution in [0.1, 0.15) is 19.3 Å². The average Bonchev–Trinajstić information content (AvgIpc) is 2.99. The summed E-state index contributed by atoms with van der Waals surface area (Å²) >= 11 is 3.31. The van der Waals surface area contributed by atoms with Crippen LogP contribution in [-0.4, -0.2) is 42.3 Å². The molecule has 1 aliphatic heterocycles. The highest BCUT2D eigenvalue weighted by molar-refractivity contribution is 9.10. The Morgan fingerprint density at radius 3 is 2.68 bits per heavy atom. The fourth-order valence-corrected chi connectivity index (χ4v) is 2.52. The third kappa shape index (κ3) is 5.40. The van der Waals surface area contributed by atoms with Gasteiger partial charge >= 0.3 is 5.97 Å². The number of rotatable bonds is 7. The van der Waals surface area contributed by atoms with E-state index in [1.54, 1.807) is 24.3 Å². The summed E-state index contributed by atoms with van der Waals surface area (Å²) in [6.07, 6.45) is 1.83. The fourth-order valence-electron chi connectivity index (χ4n) is 2.26. The highest BCUT2D eigenvalue weighted by Crippen LogP contribution is 2.15. The Hall–Kier alpha value is -1.44. The fraction of sp³-hybridized carbons (Fsp3) is 0.467. The molecule has 2 rings (SSSR count). The molecule has 6 nitrogen and oxygen atoms in total. The maximum absolute atomic E-state index is 12.0. The molecule has 7 heteroatoms. The first-order chi connectivity index (χ1) is 10.5. The highest BCUT2D eigenvalue weighted by Gasteiger charge is 2.23. The largest absolute Gasteiger partial charge is 0.480 e. The minimum absolute atomic E-state index is 0.0383. The molecule has 3 N–H and O–H groups in total. The Balaban J connectivity index is 1.82. The second-order valence-corrected chi connectivity index (χ2v) is 6.11. The summed E-state index contributed by atoms with van der Waals surface area (Å²) in [7, 11) is 0. The standard InChI is InChI=1S/C15H19BrN2O4/c16-10-3-5-11(6-4-10)18-14(19)8-13(15(20)21)17-9-12-2-1-7-22-12/h3-6,12-13,17H,1-2,7-9H2,(H,18,19)(H,20,21). The van der Waals surface area contributed by atoms with Crippen molar-refractivity contribution in [2.75, 3.05) is 18.5 Å². The van der Waals surface area contributed by atoms with Crippen molar-refractivity contribution in [2.24, 2.45) is 0 Å². The van der Waals surface area contributed by atoms with Crippen LogP contribution in [0.3, 0.4) is 0 Å². The van der Waals surface area contributed by atoms with Crippen LogP contribution < -0.4 is 10.6 Å². The lowest BCUT2D eigenvalue weighted by Gasteiger charge is -2.17. The van der Waals surface area contributed by atoms with Crippen molar-refractivity contribution in [3.05, 3.63) is 28.7 Å². The number of carboxylic acid groups (broad SMARTS) is 1. The second kappa shape index (κ2) is 8.26. The smallest absolute Gasteiger partial charge is 0.321 e. The molecule has 1 saturated heterocycles. The monoisotopic (exact) mass is 370 g/mol. The first kappa shape index (κ1) is 16.9. The van der Waals surface area contributed by atoms with Crippen molar-refractivity contribution < 1.29 is 19.4 Å². The Morgan fingerprint density at radius 1 is 1.36 bits per heavy atom. The number of carbonyl (C=O) groups is 2. The number of benzene rings is 1. The normalized spacial score (nSPS) is 18.9. The van der Waals surface area contributed by atoms with E-state index < -0.39 is 12.0 Å². The lowest BCUT2D eigenvalue weighted by molar-refractivity contribution is -0.141. The molecule has 1 aromatic carbocycles. The molecule has 120 valence electrons. The first-order valence-electron chi connectivity index (χ1n) is 7.18. The van der Waals surface area contributed by atoms with Gasteiger partial charge in [-0.05, 0) is 37.1 Å². The van der Waals surface area contributed by atoms with Crippen molar-refractivity contribution in [2.45, 2.75) is 31.4 Å². The molecule has 1 heterocycles. The van der Waals surface area contributed by atoms with Gasteiger partial charge in [0.15, 0.2) is 0 Å². The quantitative estimate of drug-likeness (QED) is 0.683.